The van der Waals surface area contributed by atoms with Crippen molar-refractivity contribution in [2.45, 2.75) is 19.3 Å². The molecular weight excluding hydrogens is 304 g/mol. The van der Waals surface area contributed by atoms with Crippen molar-refractivity contribution in [3.8, 4) is 11.4 Å². The summed E-state index contributed by atoms with van der Waals surface area (Å²) in [6.45, 7) is 0.578. The topological polar surface area (TPSA) is 110 Å². The Morgan fingerprint density at radius 1 is 1.32 bits per heavy atom. The molecular formula is C14H19ClN6O. The predicted octanol–water partition coefficient (Wildman–Crippen LogP) is 1.60. The average Bonchev–Trinajstić information content (AvgIpc) is 3.19. The molecule has 1 fully saturated rings. The van der Waals surface area contributed by atoms with Crippen molar-refractivity contribution in [2.75, 3.05) is 11.9 Å². The van der Waals surface area contributed by atoms with Gasteiger partial charge in [-0.05, 0) is 54.8 Å². The number of nitrogens with one attached hydrogen (secondary N) is 2. The zero-order chi connectivity index (χ0) is 14.7. The van der Waals surface area contributed by atoms with Gasteiger partial charge < -0.3 is 11.1 Å². The van der Waals surface area contributed by atoms with Gasteiger partial charge in [-0.15, -0.1) is 22.6 Å². The highest BCUT2D eigenvalue weighted by Crippen LogP contribution is 2.32. The van der Waals surface area contributed by atoms with Crippen LogP contribution in [0.5, 0.6) is 0 Å². The molecule has 0 aliphatic heterocycles. The number of benzene rings is 1. The number of amides is 1. The van der Waals surface area contributed by atoms with Crippen LogP contribution in [0.4, 0.5) is 5.69 Å². The molecule has 0 saturated heterocycles. The fourth-order valence-electron chi connectivity index (χ4n) is 2.89. The largest absolute Gasteiger partial charge is 0.330 e. The summed E-state index contributed by atoms with van der Waals surface area (Å²) in [6.07, 6.45) is 3.05. The summed E-state index contributed by atoms with van der Waals surface area (Å²) in [5, 5.41) is 16.7. The molecule has 1 amide bonds. The first kappa shape index (κ1) is 16.4. The SMILES string of the molecule is Cl.NC[C@H]1CCC[C@H]1C(=O)Nc1ccc(-c2nn[nH]n2)cc1. The molecule has 1 aliphatic rings. The van der Waals surface area contributed by atoms with Gasteiger partial charge in [0.1, 0.15) is 0 Å². The van der Waals surface area contributed by atoms with Crippen LogP contribution in [0.3, 0.4) is 0 Å². The van der Waals surface area contributed by atoms with Gasteiger partial charge in [0.25, 0.3) is 0 Å². The highest BCUT2D eigenvalue weighted by Gasteiger charge is 2.31. The second-order valence-electron chi connectivity index (χ2n) is 5.34. The fourth-order valence-corrected chi connectivity index (χ4v) is 2.89. The second-order valence-corrected chi connectivity index (χ2v) is 5.34. The number of tetrazole rings is 1. The number of halogens is 1. The summed E-state index contributed by atoms with van der Waals surface area (Å²) < 4.78 is 0. The maximum atomic E-state index is 12.3. The van der Waals surface area contributed by atoms with E-state index < -0.39 is 0 Å². The summed E-state index contributed by atoms with van der Waals surface area (Å²) in [7, 11) is 0. The summed E-state index contributed by atoms with van der Waals surface area (Å²) in [5.74, 6) is 0.942. The number of nitrogens with two attached hydrogens (primary N) is 1. The normalized spacial score (nSPS) is 20.4. The van der Waals surface area contributed by atoms with Crippen LogP contribution < -0.4 is 11.1 Å². The van der Waals surface area contributed by atoms with Gasteiger partial charge in [-0.25, -0.2) is 0 Å². The van der Waals surface area contributed by atoms with E-state index in [4.69, 9.17) is 5.73 Å². The first-order chi connectivity index (χ1) is 10.3. The minimum atomic E-state index is 0. The van der Waals surface area contributed by atoms with Crippen LogP contribution in [-0.4, -0.2) is 33.1 Å². The van der Waals surface area contributed by atoms with Gasteiger partial charge in [0.2, 0.25) is 11.7 Å². The molecule has 0 spiro atoms. The molecule has 1 aromatic carbocycles. The Balaban J connectivity index is 0.00000176. The number of aromatic amines is 1. The zero-order valence-electron chi connectivity index (χ0n) is 12.0. The van der Waals surface area contributed by atoms with Gasteiger partial charge in [-0.3, -0.25) is 4.79 Å². The van der Waals surface area contributed by atoms with Gasteiger partial charge in [-0.1, -0.05) is 6.42 Å². The number of H-pyrrole nitrogens is 1. The fraction of sp³-hybridized carbons (Fsp3) is 0.429. The van der Waals surface area contributed by atoms with Gasteiger partial charge in [-0.2, -0.15) is 5.21 Å². The number of hydrogen-bond acceptors (Lipinski definition) is 5. The minimum absolute atomic E-state index is 0. The smallest absolute Gasteiger partial charge is 0.227 e. The van der Waals surface area contributed by atoms with Crippen LogP contribution in [0.2, 0.25) is 0 Å². The maximum absolute atomic E-state index is 12.3. The van der Waals surface area contributed by atoms with Crippen molar-refractivity contribution in [1.82, 2.24) is 20.6 Å². The molecule has 22 heavy (non-hydrogen) atoms. The Hall–Kier alpha value is -1.99. The van der Waals surface area contributed by atoms with Crippen molar-refractivity contribution in [2.24, 2.45) is 17.6 Å². The van der Waals surface area contributed by atoms with Crippen LogP contribution in [0.15, 0.2) is 24.3 Å². The van der Waals surface area contributed by atoms with E-state index in [0.717, 1.165) is 30.5 Å². The lowest BCUT2D eigenvalue weighted by molar-refractivity contribution is -0.120. The van der Waals surface area contributed by atoms with Gasteiger partial charge in [0.15, 0.2) is 0 Å². The Labute approximate surface area is 134 Å². The van der Waals surface area contributed by atoms with E-state index in [1.165, 1.54) is 0 Å². The Bertz CT molecular complexity index is 600. The summed E-state index contributed by atoms with van der Waals surface area (Å²) >= 11 is 0. The summed E-state index contributed by atoms with van der Waals surface area (Å²) in [6, 6.07) is 7.40. The van der Waals surface area contributed by atoms with E-state index in [1.54, 1.807) is 0 Å². The molecule has 0 radical (unpaired) electrons. The van der Waals surface area contributed by atoms with E-state index in [-0.39, 0.29) is 24.2 Å². The number of carbonyl (C=O) groups is 1. The molecule has 0 bridgehead atoms. The number of hydrogen-bond donors (Lipinski definition) is 3. The molecule has 118 valence electrons. The van der Waals surface area contributed by atoms with E-state index in [0.29, 0.717) is 18.3 Å². The first-order valence-electron chi connectivity index (χ1n) is 7.12. The molecule has 7 nitrogen and oxygen atoms in total. The molecule has 2 atom stereocenters. The number of rotatable bonds is 4. The van der Waals surface area contributed by atoms with Gasteiger partial charge in [0, 0.05) is 17.2 Å². The van der Waals surface area contributed by atoms with Crippen LogP contribution >= 0.6 is 12.4 Å². The first-order valence-corrected chi connectivity index (χ1v) is 7.12. The number of carbonyl (C=O) groups excluding carboxylic acids is 1. The van der Waals surface area contributed by atoms with Crippen molar-refractivity contribution >= 4 is 24.0 Å². The van der Waals surface area contributed by atoms with Gasteiger partial charge >= 0.3 is 0 Å². The van der Waals surface area contributed by atoms with E-state index in [9.17, 15) is 4.79 Å². The molecule has 1 saturated carbocycles. The Morgan fingerprint density at radius 2 is 2.09 bits per heavy atom. The van der Waals surface area contributed by atoms with Crippen molar-refractivity contribution in [3.05, 3.63) is 24.3 Å². The lowest BCUT2D eigenvalue weighted by atomic mass is 9.95. The predicted molar refractivity (Wildman–Crippen MR) is 85.4 cm³/mol. The maximum Gasteiger partial charge on any atom is 0.227 e. The zero-order valence-corrected chi connectivity index (χ0v) is 12.8. The molecule has 8 heteroatoms. The summed E-state index contributed by atoms with van der Waals surface area (Å²) in [4.78, 5) is 12.3. The van der Waals surface area contributed by atoms with Crippen LogP contribution in [0.25, 0.3) is 11.4 Å². The lowest BCUT2D eigenvalue weighted by Crippen LogP contribution is -2.29. The molecule has 0 unspecified atom stereocenters. The average molecular weight is 323 g/mol. The molecule has 3 rings (SSSR count). The quantitative estimate of drug-likeness (QED) is 0.792. The van der Waals surface area contributed by atoms with Crippen LogP contribution in [0.1, 0.15) is 19.3 Å². The monoisotopic (exact) mass is 322 g/mol. The number of aromatic nitrogens is 4. The van der Waals surface area contributed by atoms with E-state index >= 15 is 0 Å². The molecule has 1 heterocycles. The second kappa shape index (κ2) is 7.33. The third-order valence-corrected chi connectivity index (χ3v) is 4.05. The third-order valence-electron chi connectivity index (χ3n) is 4.05. The third kappa shape index (κ3) is 3.42. The Kier molecular flexibility index (Phi) is 5.46. The standard InChI is InChI=1S/C14H18N6O.ClH/c15-8-10-2-1-3-12(10)14(21)16-11-6-4-9(5-7-11)13-17-19-20-18-13;/h4-7,10,12H,1-3,8,15H2,(H,16,21)(H,17,18,19,20);1H/t10-,12-;/m1./s1. The van der Waals surface area contributed by atoms with Crippen molar-refractivity contribution in [3.63, 3.8) is 0 Å². The van der Waals surface area contributed by atoms with Crippen molar-refractivity contribution in [1.29, 1.82) is 0 Å². The van der Waals surface area contributed by atoms with E-state index in [1.807, 2.05) is 24.3 Å². The highest BCUT2D eigenvalue weighted by atomic mass is 35.5. The molecule has 2 aromatic rings. The molecule has 1 aliphatic carbocycles. The molecule has 1 aromatic heterocycles. The number of nitrogens with zero attached hydrogens (tertiary/aromatic N) is 3. The van der Waals surface area contributed by atoms with E-state index in [2.05, 4.69) is 25.9 Å². The summed E-state index contributed by atoms with van der Waals surface area (Å²) in [5.41, 5.74) is 7.35. The number of anilines is 1. The van der Waals surface area contributed by atoms with Crippen LogP contribution in [-0.2, 0) is 4.79 Å². The molecule has 4 N–H and O–H groups in total. The highest BCUT2D eigenvalue weighted by molar-refractivity contribution is 5.93. The Morgan fingerprint density at radius 3 is 2.73 bits per heavy atom. The lowest BCUT2D eigenvalue weighted by Gasteiger charge is -2.17. The minimum Gasteiger partial charge on any atom is -0.330 e. The van der Waals surface area contributed by atoms with Gasteiger partial charge in [0.05, 0.1) is 0 Å². The van der Waals surface area contributed by atoms with Crippen molar-refractivity contribution < 1.29 is 4.79 Å². The van der Waals surface area contributed by atoms with Crippen LogP contribution in [0, 0.1) is 11.8 Å².